The van der Waals surface area contributed by atoms with E-state index in [1.807, 2.05) is 32.0 Å². The highest BCUT2D eigenvalue weighted by Crippen LogP contribution is 2.27. The van der Waals surface area contributed by atoms with Gasteiger partial charge in [-0.25, -0.2) is 8.78 Å². The fraction of sp³-hybridized carbons (Fsp3) is 0.294. The third-order valence-corrected chi connectivity index (χ3v) is 3.31. The highest BCUT2D eigenvalue weighted by atomic mass is 19.1. The van der Waals surface area contributed by atoms with Crippen LogP contribution in [0.25, 0.3) is 0 Å². The first-order chi connectivity index (χ1) is 9.26. The van der Waals surface area contributed by atoms with E-state index >= 15 is 0 Å². The second-order valence-electron chi connectivity index (χ2n) is 5.60. The lowest BCUT2D eigenvalue weighted by molar-refractivity contribution is 0.0574. The summed E-state index contributed by atoms with van der Waals surface area (Å²) < 4.78 is 26.4. The third kappa shape index (κ3) is 3.42. The first-order valence-corrected chi connectivity index (χ1v) is 6.52. The van der Waals surface area contributed by atoms with Crippen LogP contribution in [0.5, 0.6) is 0 Å². The second-order valence-corrected chi connectivity index (χ2v) is 5.60. The fourth-order valence-corrected chi connectivity index (χ4v) is 2.50. The summed E-state index contributed by atoms with van der Waals surface area (Å²) in [5.74, 6) is -1.26. The van der Waals surface area contributed by atoms with Crippen LogP contribution >= 0.6 is 0 Å². The van der Waals surface area contributed by atoms with Gasteiger partial charge in [-0.1, -0.05) is 29.3 Å². The molecule has 106 valence electrons. The van der Waals surface area contributed by atoms with Crippen LogP contribution in [0.4, 0.5) is 8.78 Å². The molecule has 0 saturated heterocycles. The van der Waals surface area contributed by atoms with Gasteiger partial charge in [0.05, 0.1) is 5.60 Å². The molecule has 2 aromatic rings. The van der Waals surface area contributed by atoms with E-state index < -0.39 is 17.2 Å². The molecule has 3 heteroatoms. The molecule has 0 fully saturated rings. The van der Waals surface area contributed by atoms with E-state index in [1.165, 1.54) is 12.1 Å². The smallest absolute Gasteiger partial charge is 0.126 e. The Morgan fingerprint density at radius 2 is 1.40 bits per heavy atom. The van der Waals surface area contributed by atoms with Crippen molar-refractivity contribution in [1.29, 1.82) is 0 Å². The molecular formula is C17H18F2O. The molecule has 1 unspecified atom stereocenters. The summed E-state index contributed by atoms with van der Waals surface area (Å²) in [5.41, 5.74) is 2.11. The van der Waals surface area contributed by atoms with E-state index in [-0.39, 0.29) is 6.42 Å². The average molecular weight is 276 g/mol. The topological polar surface area (TPSA) is 20.2 Å². The predicted molar refractivity (Wildman–Crippen MR) is 75.5 cm³/mol. The first kappa shape index (κ1) is 14.7. The van der Waals surface area contributed by atoms with Gasteiger partial charge in [-0.3, -0.25) is 0 Å². The molecule has 0 amide bonds. The molecule has 20 heavy (non-hydrogen) atoms. The summed E-state index contributed by atoms with van der Waals surface area (Å²) in [6.07, 6.45) is 0.157. The number of hydrogen-bond donors (Lipinski definition) is 1. The number of aryl methyl sites for hydroxylation is 2. The Morgan fingerprint density at radius 1 is 0.900 bits per heavy atom. The molecule has 2 aromatic carbocycles. The molecule has 1 N–H and O–H groups in total. The summed E-state index contributed by atoms with van der Waals surface area (Å²) in [6.45, 7) is 5.56. The van der Waals surface area contributed by atoms with E-state index in [1.54, 1.807) is 6.92 Å². The lowest BCUT2D eigenvalue weighted by Crippen LogP contribution is -2.24. The van der Waals surface area contributed by atoms with Gasteiger partial charge in [-0.05, 0) is 44.0 Å². The minimum absolute atomic E-state index is 0.157. The van der Waals surface area contributed by atoms with E-state index in [0.29, 0.717) is 5.56 Å². The van der Waals surface area contributed by atoms with Crippen LogP contribution < -0.4 is 0 Å². The third-order valence-electron chi connectivity index (χ3n) is 3.31. The molecule has 0 aliphatic carbocycles. The van der Waals surface area contributed by atoms with Gasteiger partial charge in [0.25, 0.3) is 0 Å². The summed E-state index contributed by atoms with van der Waals surface area (Å²) in [5, 5.41) is 10.6. The van der Waals surface area contributed by atoms with Crippen molar-refractivity contribution in [2.75, 3.05) is 0 Å². The SMILES string of the molecule is Cc1cc(C)cc(C(C)(O)Cc2cc(F)cc(F)c2)c1. The monoisotopic (exact) mass is 276 g/mol. The zero-order valence-electron chi connectivity index (χ0n) is 11.9. The molecule has 0 aliphatic rings. The van der Waals surface area contributed by atoms with E-state index in [9.17, 15) is 13.9 Å². The largest absolute Gasteiger partial charge is 0.385 e. The van der Waals surface area contributed by atoms with Gasteiger partial charge in [0.1, 0.15) is 11.6 Å². The van der Waals surface area contributed by atoms with E-state index in [0.717, 1.165) is 22.8 Å². The molecule has 0 aliphatic heterocycles. The van der Waals surface area contributed by atoms with Crippen molar-refractivity contribution in [2.45, 2.75) is 32.8 Å². The molecule has 1 atom stereocenters. The number of aliphatic hydroxyl groups is 1. The zero-order chi connectivity index (χ0) is 14.9. The van der Waals surface area contributed by atoms with Crippen molar-refractivity contribution in [2.24, 2.45) is 0 Å². The number of rotatable bonds is 3. The van der Waals surface area contributed by atoms with Crippen molar-refractivity contribution >= 4 is 0 Å². The van der Waals surface area contributed by atoms with Gasteiger partial charge < -0.3 is 5.11 Å². The van der Waals surface area contributed by atoms with Gasteiger partial charge in [-0.2, -0.15) is 0 Å². The average Bonchev–Trinajstić information content (AvgIpc) is 2.25. The summed E-state index contributed by atoms with van der Waals surface area (Å²) >= 11 is 0. The van der Waals surface area contributed by atoms with Crippen molar-refractivity contribution < 1.29 is 13.9 Å². The van der Waals surface area contributed by atoms with Crippen LogP contribution in [0.3, 0.4) is 0 Å². The van der Waals surface area contributed by atoms with Gasteiger partial charge in [-0.15, -0.1) is 0 Å². The normalized spacial score (nSPS) is 14.1. The van der Waals surface area contributed by atoms with Crippen LogP contribution in [0.1, 0.15) is 29.2 Å². The highest BCUT2D eigenvalue weighted by Gasteiger charge is 2.24. The van der Waals surface area contributed by atoms with Crippen LogP contribution in [-0.2, 0) is 12.0 Å². The van der Waals surface area contributed by atoms with Crippen molar-refractivity contribution in [1.82, 2.24) is 0 Å². The number of hydrogen-bond acceptors (Lipinski definition) is 1. The quantitative estimate of drug-likeness (QED) is 0.897. The molecular weight excluding hydrogens is 258 g/mol. The minimum Gasteiger partial charge on any atom is -0.385 e. The van der Waals surface area contributed by atoms with Crippen LogP contribution in [0, 0.1) is 25.5 Å². The Bertz CT molecular complexity index is 592. The van der Waals surface area contributed by atoms with Crippen LogP contribution in [0.15, 0.2) is 36.4 Å². The Labute approximate surface area is 117 Å². The zero-order valence-corrected chi connectivity index (χ0v) is 11.9. The van der Waals surface area contributed by atoms with Crippen LogP contribution in [0.2, 0.25) is 0 Å². The van der Waals surface area contributed by atoms with Crippen molar-refractivity contribution in [3.05, 3.63) is 70.3 Å². The molecule has 0 heterocycles. The molecule has 1 nitrogen and oxygen atoms in total. The highest BCUT2D eigenvalue weighted by molar-refractivity contribution is 5.33. The maximum atomic E-state index is 13.2. The summed E-state index contributed by atoms with van der Waals surface area (Å²) in [4.78, 5) is 0. The maximum absolute atomic E-state index is 13.2. The first-order valence-electron chi connectivity index (χ1n) is 6.52. The minimum atomic E-state index is -1.17. The van der Waals surface area contributed by atoms with Crippen LogP contribution in [-0.4, -0.2) is 5.11 Å². The molecule has 2 rings (SSSR count). The van der Waals surface area contributed by atoms with E-state index in [2.05, 4.69) is 0 Å². The molecule has 0 aromatic heterocycles. The fourth-order valence-electron chi connectivity index (χ4n) is 2.50. The summed E-state index contributed by atoms with van der Waals surface area (Å²) in [7, 11) is 0. The van der Waals surface area contributed by atoms with Gasteiger partial charge in [0, 0.05) is 12.5 Å². The maximum Gasteiger partial charge on any atom is 0.126 e. The molecule has 0 spiro atoms. The molecule has 0 radical (unpaired) electrons. The van der Waals surface area contributed by atoms with Gasteiger partial charge in [0.15, 0.2) is 0 Å². The Hall–Kier alpha value is -1.74. The van der Waals surface area contributed by atoms with Crippen molar-refractivity contribution in [3.63, 3.8) is 0 Å². The standard InChI is InChI=1S/C17H18F2O/c1-11-4-12(2)6-14(5-11)17(3,20)10-13-7-15(18)9-16(19)8-13/h4-9,20H,10H2,1-3H3. The number of halogens is 2. The van der Waals surface area contributed by atoms with Crippen molar-refractivity contribution in [3.8, 4) is 0 Å². The lowest BCUT2D eigenvalue weighted by atomic mass is 9.87. The molecule has 0 bridgehead atoms. The Kier molecular flexibility index (Phi) is 3.91. The van der Waals surface area contributed by atoms with E-state index in [4.69, 9.17) is 0 Å². The Morgan fingerprint density at radius 3 is 1.90 bits per heavy atom. The van der Waals surface area contributed by atoms with Gasteiger partial charge in [0.2, 0.25) is 0 Å². The predicted octanol–water partition coefficient (Wildman–Crippen LogP) is 4.03. The molecule has 0 saturated carbocycles. The Balaban J connectivity index is 2.34. The second kappa shape index (κ2) is 5.33. The number of benzene rings is 2. The lowest BCUT2D eigenvalue weighted by Gasteiger charge is -2.25. The van der Waals surface area contributed by atoms with Gasteiger partial charge >= 0.3 is 0 Å². The summed E-state index contributed by atoms with van der Waals surface area (Å²) in [6, 6.07) is 9.13.